The summed E-state index contributed by atoms with van der Waals surface area (Å²) in [6.45, 7) is 0.582. The lowest BCUT2D eigenvalue weighted by Gasteiger charge is -2.10. The summed E-state index contributed by atoms with van der Waals surface area (Å²) < 4.78 is 7.15. The minimum Gasteiger partial charge on any atom is -0.465 e. The number of methoxy groups -OCH3 is 1. The van der Waals surface area contributed by atoms with E-state index in [1.165, 1.54) is 7.11 Å². The third-order valence-corrected chi connectivity index (χ3v) is 6.85. The number of esters is 1. The zero-order chi connectivity index (χ0) is 25.9. The lowest BCUT2D eigenvalue weighted by atomic mass is 10.0. The molecule has 184 valence electrons. The van der Waals surface area contributed by atoms with Gasteiger partial charge in [-0.1, -0.05) is 91.0 Å². The van der Waals surface area contributed by atoms with Gasteiger partial charge in [-0.2, -0.15) is 0 Å². The van der Waals surface area contributed by atoms with Gasteiger partial charge in [0.2, 0.25) is 0 Å². The fourth-order valence-electron chi connectivity index (χ4n) is 4.87. The second kappa shape index (κ2) is 10.2. The number of aromatic nitrogens is 2. The number of ether oxygens (including phenoxy) is 1. The van der Waals surface area contributed by atoms with E-state index in [-0.39, 0.29) is 5.97 Å². The van der Waals surface area contributed by atoms with Crippen LogP contribution in [0.25, 0.3) is 45.2 Å². The molecule has 4 nitrogen and oxygen atoms in total. The first-order valence-corrected chi connectivity index (χ1v) is 12.6. The molecule has 0 aliphatic heterocycles. The van der Waals surface area contributed by atoms with Crippen molar-refractivity contribution in [2.45, 2.75) is 6.54 Å². The molecule has 2 aromatic heterocycles. The Balaban J connectivity index is 1.32. The van der Waals surface area contributed by atoms with Crippen LogP contribution in [-0.4, -0.2) is 22.6 Å². The van der Waals surface area contributed by atoms with Crippen molar-refractivity contribution in [2.24, 2.45) is 0 Å². The largest absolute Gasteiger partial charge is 0.465 e. The summed E-state index contributed by atoms with van der Waals surface area (Å²) in [4.78, 5) is 17.2. The van der Waals surface area contributed by atoms with E-state index in [9.17, 15) is 4.79 Å². The average Bonchev–Trinajstić information content (AvgIpc) is 3.37. The second-order valence-corrected chi connectivity index (χ2v) is 9.22. The van der Waals surface area contributed by atoms with Crippen LogP contribution in [-0.2, 0) is 11.3 Å². The van der Waals surface area contributed by atoms with Gasteiger partial charge < -0.3 is 9.30 Å². The molecule has 0 saturated heterocycles. The van der Waals surface area contributed by atoms with Crippen molar-refractivity contribution in [1.29, 1.82) is 0 Å². The van der Waals surface area contributed by atoms with Crippen LogP contribution in [0.3, 0.4) is 0 Å². The number of fused-ring (bicyclic) bond motifs is 2. The molecule has 0 amide bonds. The van der Waals surface area contributed by atoms with Gasteiger partial charge in [0.25, 0.3) is 0 Å². The van der Waals surface area contributed by atoms with Crippen LogP contribution in [0.15, 0.2) is 115 Å². The van der Waals surface area contributed by atoms with Gasteiger partial charge in [-0.25, -0.2) is 9.78 Å². The molecular formula is C34H26N2O2. The first-order valence-electron chi connectivity index (χ1n) is 12.6. The van der Waals surface area contributed by atoms with E-state index in [1.54, 1.807) is 0 Å². The number of hydrogen-bond donors (Lipinski definition) is 0. The number of hydrogen-bond acceptors (Lipinski definition) is 3. The van der Waals surface area contributed by atoms with Crippen molar-refractivity contribution in [2.75, 3.05) is 7.11 Å². The Hall–Kier alpha value is -4.96. The van der Waals surface area contributed by atoms with Crippen LogP contribution in [0, 0.1) is 0 Å². The van der Waals surface area contributed by atoms with Crippen LogP contribution in [0.2, 0.25) is 0 Å². The van der Waals surface area contributed by atoms with Crippen LogP contribution < -0.4 is 0 Å². The number of rotatable bonds is 6. The standard InChI is InChI=1S/C34H26N2O2/c1-38-34(37)30-12-6-3-10-28(30)23-36-21-20-27-17-15-24(22-33(27)36)14-16-25-8-2-5-11-29(25)32-19-18-26-9-4-7-13-31(26)35-32/h2-22H,23H2,1H3/b16-14-. The SMILES string of the molecule is COC(=O)c1ccccc1Cn1ccc2ccc(/C=C\c3ccccc3-c3ccc4ccccc4n3)cc21. The molecule has 0 aliphatic rings. The van der Waals surface area contributed by atoms with Crippen molar-refractivity contribution < 1.29 is 9.53 Å². The van der Waals surface area contributed by atoms with Crippen LogP contribution >= 0.6 is 0 Å². The van der Waals surface area contributed by atoms with Gasteiger partial charge in [0.15, 0.2) is 0 Å². The second-order valence-electron chi connectivity index (χ2n) is 9.22. The van der Waals surface area contributed by atoms with E-state index in [2.05, 4.69) is 89.6 Å². The maximum Gasteiger partial charge on any atom is 0.338 e. The highest BCUT2D eigenvalue weighted by Crippen LogP contribution is 2.27. The molecular weight excluding hydrogens is 468 g/mol. The van der Waals surface area contributed by atoms with E-state index in [4.69, 9.17) is 9.72 Å². The average molecular weight is 495 g/mol. The summed E-state index contributed by atoms with van der Waals surface area (Å²) in [5, 5.41) is 2.29. The summed E-state index contributed by atoms with van der Waals surface area (Å²) >= 11 is 0. The molecule has 0 unspecified atom stereocenters. The topological polar surface area (TPSA) is 44.1 Å². The number of para-hydroxylation sites is 1. The minimum atomic E-state index is -0.319. The number of benzene rings is 4. The summed E-state index contributed by atoms with van der Waals surface area (Å²) in [5.74, 6) is -0.319. The molecule has 6 aromatic rings. The van der Waals surface area contributed by atoms with Gasteiger partial charge in [0.1, 0.15) is 0 Å². The molecule has 0 bridgehead atoms. The maximum atomic E-state index is 12.2. The number of carbonyl (C=O) groups excluding carboxylic acids is 1. The Kier molecular flexibility index (Phi) is 6.29. The molecule has 4 heteroatoms. The fraction of sp³-hybridized carbons (Fsp3) is 0.0588. The fourth-order valence-corrected chi connectivity index (χ4v) is 4.87. The van der Waals surface area contributed by atoms with E-state index < -0.39 is 0 Å². The molecule has 0 spiro atoms. The minimum absolute atomic E-state index is 0.319. The van der Waals surface area contributed by atoms with Gasteiger partial charge in [0, 0.05) is 29.2 Å². The van der Waals surface area contributed by atoms with E-state index >= 15 is 0 Å². The number of nitrogens with zero attached hydrogens (tertiary/aromatic N) is 2. The molecule has 2 heterocycles. The quantitative estimate of drug-likeness (QED) is 0.175. The molecule has 0 N–H and O–H groups in total. The van der Waals surface area contributed by atoms with Crippen LogP contribution in [0.4, 0.5) is 0 Å². The highest BCUT2D eigenvalue weighted by molar-refractivity contribution is 5.91. The zero-order valence-electron chi connectivity index (χ0n) is 21.0. The normalized spacial score (nSPS) is 11.4. The highest BCUT2D eigenvalue weighted by atomic mass is 16.5. The van der Waals surface area contributed by atoms with Crippen molar-refractivity contribution in [3.05, 3.63) is 138 Å². The van der Waals surface area contributed by atoms with E-state index in [0.29, 0.717) is 12.1 Å². The predicted octanol–water partition coefficient (Wildman–Crippen LogP) is 7.86. The Labute approximate surface area is 221 Å². The Bertz CT molecular complexity index is 1810. The summed E-state index contributed by atoms with van der Waals surface area (Å²) in [7, 11) is 1.41. The van der Waals surface area contributed by atoms with Gasteiger partial charge in [-0.3, -0.25) is 0 Å². The Morgan fingerprint density at radius 3 is 2.53 bits per heavy atom. The lowest BCUT2D eigenvalue weighted by Crippen LogP contribution is -2.08. The van der Waals surface area contributed by atoms with Crippen molar-refractivity contribution in [3.63, 3.8) is 0 Å². The first kappa shape index (κ1) is 23.4. The monoisotopic (exact) mass is 494 g/mol. The maximum absolute atomic E-state index is 12.2. The molecule has 4 aromatic carbocycles. The smallest absolute Gasteiger partial charge is 0.338 e. The molecule has 6 rings (SSSR count). The molecule has 0 saturated carbocycles. The molecule has 0 fully saturated rings. The summed E-state index contributed by atoms with van der Waals surface area (Å²) in [6.07, 6.45) is 6.35. The van der Waals surface area contributed by atoms with Crippen molar-refractivity contribution >= 4 is 39.9 Å². The van der Waals surface area contributed by atoms with Gasteiger partial charge in [-0.05, 0) is 52.4 Å². The number of carbonyl (C=O) groups is 1. The van der Waals surface area contributed by atoms with Crippen molar-refractivity contribution in [3.8, 4) is 11.3 Å². The van der Waals surface area contributed by atoms with Gasteiger partial charge in [0.05, 0.1) is 23.9 Å². The Morgan fingerprint density at radius 2 is 1.61 bits per heavy atom. The van der Waals surface area contributed by atoms with Crippen LogP contribution in [0.1, 0.15) is 27.0 Å². The first-order chi connectivity index (χ1) is 18.7. The summed E-state index contributed by atoms with van der Waals surface area (Å²) in [6, 6.07) is 36.9. The van der Waals surface area contributed by atoms with E-state index in [0.717, 1.165) is 49.8 Å². The van der Waals surface area contributed by atoms with Gasteiger partial charge in [-0.15, -0.1) is 0 Å². The lowest BCUT2D eigenvalue weighted by molar-refractivity contribution is 0.0599. The molecule has 38 heavy (non-hydrogen) atoms. The summed E-state index contributed by atoms with van der Waals surface area (Å²) in [5.41, 5.74) is 7.87. The predicted molar refractivity (Wildman–Crippen MR) is 155 cm³/mol. The number of pyridine rings is 1. The molecule has 0 aliphatic carbocycles. The molecule has 0 atom stereocenters. The Morgan fingerprint density at radius 1 is 0.816 bits per heavy atom. The third kappa shape index (κ3) is 4.60. The zero-order valence-corrected chi connectivity index (χ0v) is 21.0. The van der Waals surface area contributed by atoms with E-state index in [1.807, 2.05) is 42.5 Å². The molecule has 0 radical (unpaired) electrons. The third-order valence-electron chi connectivity index (χ3n) is 6.85. The van der Waals surface area contributed by atoms with Crippen molar-refractivity contribution in [1.82, 2.24) is 9.55 Å². The highest BCUT2D eigenvalue weighted by Gasteiger charge is 2.12. The van der Waals surface area contributed by atoms with Crippen LogP contribution in [0.5, 0.6) is 0 Å². The van der Waals surface area contributed by atoms with Gasteiger partial charge >= 0.3 is 5.97 Å².